The Morgan fingerprint density at radius 1 is 0.852 bits per heavy atom. The Labute approximate surface area is 164 Å². The maximum Gasteiger partial charge on any atom is 0.273 e. The van der Waals surface area contributed by atoms with E-state index in [-0.39, 0.29) is 10.6 Å². The molecule has 1 aromatic rings. The smallest absolute Gasteiger partial charge is 0.273 e. The lowest BCUT2D eigenvalue weighted by atomic mass is 9.96. The van der Waals surface area contributed by atoms with Crippen LogP contribution < -0.4 is 0 Å². The first-order valence-electron chi connectivity index (χ1n) is 10.8. The van der Waals surface area contributed by atoms with Crippen molar-refractivity contribution in [2.24, 2.45) is 0 Å². The Hall–Kier alpha value is -1.71. The number of carbonyl (C=O) groups excluding carboxylic acids is 1. The van der Waals surface area contributed by atoms with Crippen molar-refractivity contribution in [3.8, 4) is 0 Å². The lowest BCUT2D eigenvalue weighted by molar-refractivity contribution is -0.385. The number of hydrogen-bond acceptors (Lipinski definition) is 3. The zero-order chi connectivity index (χ0) is 19.9. The van der Waals surface area contributed by atoms with Crippen molar-refractivity contribution in [2.75, 3.05) is 0 Å². The summed E-state index contributed by atoms with van der Waals surface area (Å²) in [5.74, 6) is 0. The zero-order valence-electron chi connectivity index (χ0n) is 17.3. The third-order valence-corrected chi connectivity index (χ3v) is 5.40. The predicted octanol–water partition coefficient (Wildman–Crippen LogP) is 7.35. The average Bonchev–Trinajstić information content (AvgIpc) is 2.65. The maximum absolute atomic E-state index is 11.3. The molecule has 1 rings (SSSR count). The number of nitro groups is 1. The van der Waals surface area contributed by atoms with E-state index in [1.54, 1.807) is 6.07 Å². The van der Waals surface area contributed by atoms with E-state index in [4.69, 9.17) is 0 Å². The Balaban J connectivity index is 2.18. The van der Waals surface area contributed by atoms with Gasteiger partial charge >= 0.3 is 0 Å². The summed E-state index contributed by atoms with van der Waals surface area (Å²) in [4.78, 5) is 22.2. The van der Waals surface area contributed by atoms with Crippen molar-refractivity contribution in [3.63, 3.8) is 0 Å². The average molecular weight is 376 g/mol. The number of carbonyl (C=O) groups is 1. The van der Waals surface area contributed by atoms with Crippen LogP contribution in [0, 0.1) is 17.0 Å². The van der Waals surface area contributed by atoms with Gasteiger partial charge in [0.2, 0.25) is 0 Å². The second kappa shape index (κ2) is 14.4. The second-order valence-electron chi connectivity index (χ2n) is 7.66. The summed E-state index contributed by atoms with van der Waals surface area (Å²) in [5.41, 5.74) is 2.02. The standard InChI is InChI=1S/C23H37NO3/c1-3-4-5-6-7-8-9-10-11-12-13-14-15-16-21-22(19-25)20(2)17-18-23(21)24(26)27/h17-19H,3-16H2,1-2H3. The number of hydrogen-bond donors (Lipinski definition) is 0. The molecule has 0 N–H and O–H groups in total. The Bertz CT molecular complexity index is 569. The van der Waals surface area contributed by atoms with E-state index in [2.05, 4.69) is 6.92 Å². The largest absolute Gasteiger partial charge is 0.298 e. The van der Waals surface area contributed by atoms with Crippen molar-refractivity contribution in [1.82, 2.24) is 0 Å². The number of unbranched alkanes of at least 4 members (excludes halogenated alkanes) is 12. The zero-order valence-corrected chi connectivity index (χ0v) is 17.3. The van der Waals surface area contributed by atoms with Gasteiger partial charge in [0.15, 0.2) is 6.29 Å². The molecule has 0 aliphatic heterocycles. The highest BCUT2D eigenvalue weighted by molar-refractivity contribution is 5.81. The number of benzene rings is 1. The second-order valence-corrected chi connectivity index (χ2v) is 7.66. The number of rotatable bonds is 16. The van der Waals surface area contributed by atoms with Crippen molar-refractivity contribution >= 4 is 12.0 Å². The number of aldehydes is 1. The molecule has 4 nitrogen and oxygen atoms in total. The van der Waals surface area contributed by atoms with Crippen LogP contribution in [0.1, 0.15) is 112 Å². The Kier molecular flexibility index (Phi) is 12.4. The molecule has 0 atom stereocenters. The first kappa shape index (κ1) is 23.3. The molecular formula is C23H37NO3. The third-order valence-electron chi connectivity index (χ3n) is 5.40. The summed E-state index contributed by atoms with van der Waals surface area (Å²) in [6.07, 6.45) is 18.0. The molecule has 0 fully saturated rings. The normalized spacial score (nSPS) is 10.9. The molecule has 0 aliphatic rings. The van der Waals surface area contributed by atoms with Crippen molar-refractivity contribution in [1.29, 1.82) is 0 Å². The van der Waals surface area contributed by atoms with Crippen LogP contribution in [0.25, 0.3) is 0 Å². The van der Waals surface area contributed by atoms with Gasteiger partial charge in [0.05, 0.1) is 4.92 Å². The van der Waals surface area contributed by atoms with E-state index in [1.165, 1.54) is 76.7 Å². The van der Waals surface area contributed by atoms with Crippen LogP contribution in [0.3, 0.4) is 0 Å². The Morgan fingerprint density at radius 2 is 1.33 bits per heavy atom. The minimum absolute atomic E-state index is 0.0848. The molecule has 152 valence electrons. The highest BCUT2D eigenvalue weighted by Crippen LogP contribution is 2.26. The predicted molar refractivity (Wildman–Crippen MR) is 113 cm³/mol. The van der Waals surface area contributed by atoms with E-state index in [9.17, 15) is 14.9 Å². The van der Waals surface area contributed by atoms with E-state index >= 15 is 0 Å². The van der Waals surface area contributed by atoms with Gasteiger partial charge in [-0.15, -0.1) is 0 Å². The number of aryl methyl sites for hydroxylation is 1. The topological polar surface area (TPSA) is 60.2 Å². The molecule has 4 heteroatoms. The molecule has 0 aliphatic carbocycles. The van der Waals surface area contributed by atoms with Crippen LogP contribution in [0.5, 0.6) is 0 Å². The molecular weight excluding hydrogens is 338 g/mol. The molecule has 0 saturated carbocycles. The first-order valence-corrected chi connectivity index (χ1v) is 10.8. The summed E-state index contributed by atoms with van der Waals surface area (Å²) < 4.78 is 0. The monoisotopic (exact) mass is 375 g/mol. The molecule has 0 bridgehead atoms. The molecule has 0 amide bonds. The lowest BCUT2D eigenvalue weighted by Crippen LogP contribution is -2.02. The third kappa shape index (κ3) is 9.16. The van der Waals surface area contributed by atoms with Gasteiger partial charge in [0.1, 0.15) is 0 Å². The minimum atomic E-state index is -0.371. The fraction of sp³-hybridized carbons (Fsp3) is 0.696. The van der Waals surface area contributed by atoms with Gasteiger partial charge in [-0.25, -0.2) is 0 Å². The Morgan fingerprint density at radius 3 is 1.78 bits per heavy atom. The van der Waals surface area contributed by atoms with E-state index in [0.29, 0.717) is 17.5 Å². The van der Waals surface area contributed by atoms with Gasteiger partial charge in [-0.1, -0.05) is 90.0 Å². The summed E-state index contributed by atoms with van der Waals surface area (Å²) in [6, 6.07) is 3.19. The van der Waals surface area contributed by atoms with Crippen LogP contribution in [-0.4, -0.2) is 11.2 Å². The highest BCUT2D eigenvalue weighted by Gasteiger charge is 2.18. The van der Waals surface area contributed by atoms with Crippen LogP contribution in [0.2, 0.25) is 0 Å². The molecule has 27 heavy (non-hydrogen) atoms. The van der Waals surface area contributed by atoms with Gasteiger partial charge in [0, 0.05) is 17.2 Å². The molecule has 0 saturated heterocycles. The van der Waals surface area contributed by atoms with Gasteiger partial charge in [0.25, 0.3) is 5.69 Å². The maximum atomic E-state index is 11.3. The molecule has 0 unspecified atom stereocenters. The van der Waals surface area contributed by atoms with Crippen LogP contribution in [-0.2, 0) is 6.42 Å². The van der Waals surface area contributed by atoms with Crippen molar-refractivity contribution in [2.45, 2.75) is 104 Å². The van der Waals surface area contributed by atoms with Crippen molar-refractivity contribution in [3.05, 3.63) is 38.9 Å². The lowest BCUT2D eigenvalue weighted by Gasteiger charge is -2.09. The molecule has 1 aromatic carbocycles. The highest BCUT2D eigenvalue weighted by atomic mass is 16.6. The number of nitrogens with zero attached hydrogens (tertiary/aromatic N) is 1. The molecule has 0 spiro atoms. The van der Waals surface area contributed by atoms with Crippen LogP contribution >= 0.6 is 0 Å². The molecule has 0 radical (unpaired) electrons. The molecule has 0 heterocycles. The fourth-order valence-corrected chi connectivity index (χ4v) is 3.69. The minimum Gasteiger partial charge on any atom is -0.298 e. The van der Waals surface area contributed by atoms with Gasteiger partial charge in [-0.05, 0) is 25.3 Å². The van der Waals surface area contributed by atoms with Crippen molar-refractivity contribution < 1.29 is 9.72 Å². The van der Waals surface area contributed by atoms with E-state index < -0.39 is 0 Å². The first-order chi connectivity index (χ1) is 13.1. The summed E-state index contributed by atoms with van der Waals surface area (Å²) in [6.45, 7) is 4.09. The summed E-state index contributed by atoms with van der Waals surface area (Å²) in [5, 5.41) is 11.2. The van der Waals surface area contributed by atoms with Gasteiger partial charge in [-0.3, -0.25) is 14.9 Å². The SMILES string of the molecule is CCCCCCCCCCCCCCCc1c([N+](=O)[O-])ccc(C)c1C=O. The van der Waals surface area contributed by atoms with E-state index in [1.807, 2.05) is 6.92 Å². The number of nitro benzene ring substituents is 1. The summed E-state index contributed by atoms with van der Waals surface area (Å²) >= 11 is 0. The van der Waals surface area contributed by atoms with E-state index in [0.717, 1.165) is 24.7 Å². The quantitative estimate of drug-likeness (QED) is 0.131. The van der Waals surface area contributed by atoms with Gasteiger partial charge < -0.3 is 0 Å². The van der Waals surface area contributed by atoms with Gasteiger partial charge in [-0.2, -0.15) is 0 Å². The summed E-state index contributed by atoms with van der Waals surface area (Å²) in [7, 11) is 0. The molecule has 0 aromatic heterocycles. The van der Waals surface area contributed by atoms with Crippen LogP contribution in [0.4, 0.5) is 5.69 Å². The fourth-order valence-electron chi connectivity index (χ4n) is 3.69. The van der Waals surface area contributed by atoms with Crippen LogP contribution in [0.15, 0.2) is 12.1 Å².